The largest absolute Gasteiger partial charge is 0.355 e. The molecule has 17 heavy (non-hydrogen) atoms. The van der Waals surface area contributed by atoms with Gasteiger partial charge in [0.25, 0.3) is 5.91 Å². The molecule has 1 aromatic carbocycles. The van der Waals surface area contributed by atoms with E-state index in [1.54, 1.807) is 25.1 Å². The molecule has 0 atom stereocenters. The van der Waals surface area contributed by atoms with Crippen molar-refractivity contribution >= 4 is 21.6 Å². The van der Waals surface area contributed by atoms with Gasteiger partial charge in [-0.2, -0.15) is 0 Å². The molecule has 0 unspecified atom stereocenters. The fraction of sp³-hybridized carbons (Fsp3) is 0.364. The van der Waals surface area contributed by atoms with Crippen molar-refractivity contribution in [3.05, 3.63) is 29.8 Å². The Balaban J connectivity index is 2.90. The van der Waals surface area contributed by atoms with Crippen LogP contribution in [0.3, 0.4) is 0 Å². The molecular weight excluding hydrogens is 240 g/mol. The van der Waals surface area contributed by atoms with Gasteiger partial charge >= 0.3 is 0 Å². The maximum atomic E-state index is 11.5. The normalized spacial score (nSPS) is 10.9. The molecule has 0 aliphatic rings. The summed E-state index contributed by atoms with van der Waals surface area (Å²) in [5.74, 6) is -0.182. The number of sulfonamides is 1. The average Bonchev–Trinajstić information content (AvgIpc) is 2.27. The van der Waals surface area contributed by atoms with Crippen molar-refractivity contribution in [3.8, 4) is 0 Å². The third kappa shape index (κ3) is 4.07. The highest BCUT2D eigenvalue weighted by molar-refractivity contribution is 7.92. The van der Waals surface area contributed by atoms with Crippen molar-refractivity contribution in [1.29, 1.82) is 0 Å². The van der Waals surface area contributed by atoms with E-state index in [9.17, 15) is 13.2 Å². The van der Waals surface area contributed by atoms with Gasteiger partial charge in [0.15, 0.2) is 0 Å². The fourth-order valence-electron chi connectivity index (χ4n) is 1.37. The summed E-state index contributed by atoms with van der Waals surface area (Å²) in [5.41, 5.74) is 0.823. The van der Waals surface area contributed by atoms with Crippen LogP contribution in [0.25, 0.3) is 0 Å². The van der Waals surface area contributed by atoms with E-state index < -0.39 is 10.0 Å². The van der Waals surface area contributed by atoms with Gasteiger partial charge < -0.3 is 5.32 Å². The Morgan fingerprint density at radius 3 is 2.65 bits per heavy atom. The van der Waals surface area contributed by atoms with Crippen molar-refractivity contribution in [3.63, 3.8) is 0 Å². The van der Waals surface area contributed by atoms with E-state index in [0.717, 1.165) is 0 Å². The Bertz CT molecular complexity index is 497. The first-order valence-corrected chi connectivity index (χ1v) is 6.96. The number of nitrogens with one attached hydrogen (secondary N) is 2. The molecule has 0 aromatic heterocycles. The fourth-order valence-corrected chi connectivity index (χ4v) is 2.49. The zero-order valence-electron chi connectivity index (χ0n) is 9.86. The first-order chi connectivity index (χ1) is 7.98. The standard InChI is InChI=1S/C11H16N2O3S/c1-3-7-17(15,16)13-10-6-4-5-9(8-10)11(14)12-2/h4-6,8,13H,3,7H2,1-2H3,(H,12,14). The van der Waals surface area contributed by atoms with Crippen LogP contribution in [0.4, 0.5) is 5.69 Å². The van der Waals surface area contributed by atoms with Crippen LogP contribution in [-0.2, 0) is 10.0 Å². The van der Waals surface area contributed by atoms with Gasteiger partial charge in [0, 0.05) is 18.3 Å². The summed E-state index contributed by atoms with van der Waals surface area (Å²) < 4.78 is 25.5. The van der Waals surface area contributed by atoms with Crippen LogP contribution >= 0.6 is 0 Å². The molecule has 0 aliphatic carbocycles. The molecule has 0 radical (unpaired) electrons. The molecular formula is C11H16N2O3S. The molecule has 0 saturated heterocycles. The van der Waals surface area contributed by atoms with Crippen LogP contribution in [0.1, 0.15) is 23.7 Å². The molecule has 0 aliphatic heterocycles. The van der Waals surface area contributed by atoms with Gasteiger partial charge in [-0.1, -0.05) is 13.0 Å². The lowest BCUT2D eigenvalue weighted by Gasteiger charge is -2.08. The molecule has 94 valence electrons. The highest BCUT2D eigenvalue weighted by Crippen LogP contribution is 2.12. The Morgan fingerprint density at radius 2 is 2.06 bits per heavy atom. The van der Waals surface area contributed by atoms with Gasteiger partial charge in [0.05, 0.1) is 5.75 Å². The van der Waals surface area contributed by atoms with Crippen molar-refractivity contribution in [2.45, 2.75) is 13.3 Å². The number of rotatable bonds is 5. The summed E-state index contributed by atoms with van der Waals surface area (Å²) >= 11 is 0. The van der Waals surface area contributed by atoms with Gasteiger partial charge in [-0.25, -0.2) is 8.42 Å². The monoisotopic (exact) mass is 256 g/mol. The SMILES string of the molecule is CCCS(=O)(=O)Nc1cccc(C(=O)NC)c1. The molecule has 0 saturated carbocycles. The topological polar surface area (TPSA) is 75.3 Å². The molecule has 0 fully saturated rings. The maximum absolute atomic E-state index is 11.5. The second kappa shape index (κ2) is 5.67. The number of amides is 1. The second-order valence-electron chi connectivity index (χ2n) is 3.58. The highest BCUT2D eigenvalue weighted by atomic mass is 32.2. The minimum atomic E-state index is -3.32. The highest BCUT2D eigenvalue weighted by Gasteiger charge is 2.10. The van der Waals surface area contributed by atoms with E-state index in [4.69, 9.17) is 0 Å². The molecule has 1 rings (SSSR count). The molecule has 5 nitrogen and oxygen atoms in total. The smallest absolute Gasteiger partial charge is 0.251 e. The molecule has 6 heteroatoms. The number of hydrogen-bond acceptors (Lipinski definition) is 3. The lowest BCUT2D eigenvalue weighted by molar-refractivity contribution is 0.0963. The summed E-state index contributed by atoms with van der Waals surface area (Å²) in [4.78, 5) is 11.4. The number of benzene rings is 1. The summed E-state index contributed by atoms with van der Waals surface area (Å²) in [7, 11) is -1.79. The summed E-state index contributed by atoms with van der Waals surface area (Å²) in [6, 6.07) is 6.37. The quantitative estimate of drug-likeness (QED) is 0.831. The summed E-state index contributed by atoms with van der Waals surface area (Å²) in [6.45, 7) is 1.79. The van der Waals surface area contributed by atoms with Gasteiger partial charge in [-0.05, 0) is 24.6 Å². The maximum Gasteiger partial charge on any atom is 0.251 e. The Morgan fingerprint density at radius 1 is 1.35 bits per heavy atom. The number of anilines is 1. The number of hydrogen-bond donors (Lipinski definition) is 2. The number of carbonyl (C=O) groups excluding carboxylic acids is 1. The van der Waals surface area contributed by atoms with Crippen molar-refractivity contribution in [2.24, 2.45) is 0 Å². The van der Waals surface area contributed by atoms with Crippen molar-refractivity contribution in [2.75, 3.05) is 17.5 Å². The number of carbonyl (C=O) groups is 1. The minimum absolute atomic E-state index is 0.0667. The van der Waals surface area contributed by atoms with Crippen LogP contribution < -0.4 is 10.0 Å². The van der Waals surface area contributed by atoms with Gasteiger partial charge in [-0.15, -0.1) is 0 Å². The van der Waals surface area contributed by atoms with Crippen LogP contribution in [0.2, 0.25) is 0 Å². The molecule has 0 bridgehead atoms. The zero-order valence-corrected chi connectivity index (χ0v) is 10.7. The van der Waals surface area contributed by atoms with E-state index in [1.165, 1.54) is 13.1 Å². The molecule has 0 heterocycles. The first-order valence-electron chi connectivity index (χ1n) is 5.31. The van der Waals surface area contributed by atoms with Crippen molar-refractivity contribution < 1.29 is 13.2 Å². The van der Waals surface area contributed by atoms with E-state index >= 15 is 0 Å². The Hall–Kier alpha value is -1.56. The van der Waals surface area contributed by atoms with Gasteiger partial charge in [0.2, 0.25) is 10.0 Å². The summed E-state index contributed by atoms with van der Waals surface area (Å²) in [6.07, 6.45) is 0.546. The predicted octanol–water partition coefficient (Wildman–Crippen LogP) is 1.20. The van der Waals surface area contributed by atoms with E-state index in [-0.39, 0.29) is 11.7 Å². The van der Waals surface area contributed by atoms with Gasteiger partial charge in [0.1, 0.15) is 0 Å². The minimum Gasteiger partial charge on any atom is -0.355 e. The molecule has 0 spiro atoms. The van der Waals surface area contributed by atoms with Crippen LogP contribution in [-0.4, -0.2) is 27.1 Å². The predicted molar refractivity (Wildman–Crippen MR) is 67.5 cm³/mol. The molecule has 2 N–H and O–H groups in total. The lowest BCUT2D eigenvalue weighted by Crippen LogP contribution is -2.19. The lowest BCUT2D eigenvalue weighted by atomic mass is 10.2. The Kier molecular flexibility index (Phi) is 4.51. The third-order valence-electron chi connectivity index (χ3n) is 2.10. The molecule has 1 aromatic rings. The average molecular weight is 256 g/mol. The van der Waals surface area contributed by atoms with E-state index in [0.29, 0.717) is 17.7 Å². The zero-order chi connectivity index (χ0) is 12.9. The summed E-state index contributed by atoms with van der Waals surface area (Å²) in [5, 5.41) is 2.48. The first kappa shape index (κ1) is 13.5. The van der Waals surface area contributed by atoms with Crippen LogP contribution in [0, 0.1) is 0 Å². The second-order valence-corrected chi connectivity index (χ2v) is 5.42. The Labute approximate surface area is 101 Å². The van der Waals surface area contributed by atoms with E-state index in [1.807, 2.05) is 0 Å². The van der Waals surface area contributed by atoms with E-state index in [2.05, 4.69) is 10.0 Å². The molecule has 1 amide bonds. The third-order valence-corrected chi connectivity index (χ3v) is 3.59. The van der Waals surface area contributed by atoms with Crippen molar-refractivity contribution in [1.82, 2.24) is 5.32 Å². The van der Waals surface area contributed by atoms with Crippen LogP contribution in [0.15, 0.2) is 24.3 Å². The van der Waals surface area contributed by atoms with Gasteiger partial charge in [-0.3, -0.25) is 9.52 Å². The van der Waals surface area contributed by atoms with Crippen LogP contribution in [0.5, 0.6) is 0 Å².